The Bertz CT molecular complexity index is 599. The van der Waals surface area contributed by atoms with Crippen LogP contribution in [0, 0.1) is 5.92 Å². The summed E-state index contributed by atoms with van der Waals surface area (Å²) in [6.45, 7) is 10.7. The van der Waals surface area contributed by atoms with Crippen LogP contribution in [0.25, 0.3) is 0 Å². The third kappa shape index (κ3) is 6.61. The number of alkyl halides is 1. The van der Waals surface area contributed by atoms with Crippen molar-refractivity contribution < 1.29 is 13.2 Å². The summed E-state index contributed by atoms with van der Waals surface area (Å²) in [4.78, 5) is 0.329. The number of rotatable bonds is 9. The van der Waals surface area contributed by atoms with Crippen LogP contribution in [0.4, 0.5) is 0 Å². The number of nitrogens with zero attached hydrogens (tertiary/aromatic N) is 1. The molecule has 6 heteroatoms. The second-order valence-electron chi connectivity index (χ2n) is 7.00. The Morgan fingerprint density at radius 1 is 1.08 bits per heavy atom. The molecule has 1 aromatic rings. The molecule has 0 radical (unpaired) electrons. The standard InChI is InChI=1S/C18H30INO3S/c1-13(2)11-18(19)23-15(5)12-20(6)24(21,22)17-9-7-16(8-10-17)14(3)4/h7-10,13-15,18H,11-12H2,1-6H3. The molecule has 0 bridgehead atoms. The molecule has 2 atom stereocenters. The van der Waals surface area contributed by atoms with Crippen molar-refractivity contribution >= 4 is 32.6 Å². The minimum atomic E-state index is -3.48. The van der Waals surface area contributed by atoms with Crippen molar-refractivity contribution in [3.05, 3.63) is 29.8 Å². The van der Waals surface area contributed by atoms with Crippen molar-refractivity contribution in [2.45, 2.75) is 62.1 Å². The summed E-state index contributed by atoms with van der Waals surface area (Å²) in [7, 11) is -1.88. The molecule has 0 amide bonds. The topological polar surface area (TPSA) is 46.6 Å². The number of hydrogen-bond acceptors (Lipinski definition) is 3. The summed E-state index contributed by atoms with van der Waals surface area (Å²) in [5.74, 6) is 0.939. The molecule has 0 heterocycles. The first-order chi connectivity index (χ1) is 11.0. The van der Waals surface area contributed by atoms with Gasteiger partial charge in [0, 0.05) is 13.6 Å². The van der Waals surface area contributed by atoms with Crippen LogP contribution in [0.15, 0.2) is 29.2 Å². The van der Waals surface area contributed by atoms with Crippen molar-refractivity contribution in [1.82, 2.24) is 4.31 Å². The van der Waals surface area contributed by atoms with Gasteiger partial charge in [-0.05, 0) is 42.9 Å². The minimum absolute atomic E-state index is 0.0963. The van der Waals surface area contributed by atoms with Gasteiger partial charge in [0.1, 0.15) is 4.11 Å². The van der Waals surface area contributed by atoms with Crippen molar-refractivity contribution in [2.24, 2.45) is 5.92 Å². The molecule has 1 aromatic carbocycles. The van der Waals surface area contributed by atoms with Gasteiger partial charge in [0.25, 0.3) is 0 Å². The Hall–Kier alpha value is -0.180. The first-order valence-electron chi connectivity index (χ1n) is 8.39. The van der Waals surface area contributed by atoms with Crippen LogP contribution in [0.3, 0.4) is 0 Å². The van der Waals surface area contributed by atoms with E-state index in [1.165, 1.54) is 4.31 Å². The van der Waals surface area contributed by atoms with E-state index in [1.807, 2.05) is 19.1 Å². The lowest BCUT2D eigenvalue weighted by Gasteiger charge is -2.24. The Morgan fingerprint density at radius 3 is 2.08 bits per heavy atom. The van der Waals surface area contributed by atoms with Gasteiger partial charge in [0.15, 0.2) is 0 Å². The zero-order chi connectivity index (χ0) is 18.5. The SMILES string of the molecule is CC(C)CC(I)OC(C)CN(C)S(=O)(=O)c1ccc(C(C)C)cc1. The Kier molecular flexibility index (Phi) is 8.65. The van der Waals surface area contributed by atoms with Crippen LogP contribution < -0.4 is 0 Å². The van der Waals surface area contributed by atoms with Gasteiger partial charge in [0.05, 0.1) is 11.0 Å². The summed E-state index contributed by atoms with van der Waals surface area (Å²) < 4.78 is 32.7. The number of hydrogen-bond donors (Lipinski definition) is 0. The molecule has 0 aliphatic heterocycles. The molecule has 0 fully saturated rings. The molecule has 0 aliphatic rings. The molecular weight excluding hydrogens is 437 g/mol. The lowest BCUT2D eigenvalue weighted by atomic mass is 10.0. The normalized spacial score (nSPS) is 15.2. The summed E-state index contributed by atoms with van der Waals surface area (Å²) in [5, 5.41) is 0. The van der Waals surface area contributed by atoms with Crippen molar-refractivity contribution in [3.63, 3.8) is 0 Å². The average molecular weight is 467 g/mol. The van der Waals surface area contributed by atoms with E-state index in [9.17, 15) is 8.42 Å². The van der Waals surface area contributed by atoms with Gasteiger partial charge >= 0.3 is 0 Å². The molecule has 0 saturated heterocycles. The summed E-state index contributed by atoms with van der Waals surface area (Å²) in [6.07, 6.45) is 0.804. The Balaban J connectivity index is 2.72. The van der Waals surface area contributed by atoms with E-state index in [0.717, 1.165) is 12.0 Å². The maximum atomic E-state index is 12.7. The second-order valence-corrected chi connectivity index (χ2v) is 10.4. The van der Waals surface area contributed by atoms with Gasteiger partial charge in [-0.15, -0.1) is 0 Å². The smallest absolute Gasteiger partial charge is 0.242 e. The van der Waals surface area contributed by atoms with Gasteiger partial charge < -0.3 is 4.74 Å². The molecule has 24 heavy (non-hydrogen) atoms. The highest BCUT2D eigenvalue weighted by Crippen LogP contribution is 2.21. The van der Waals surface area contributed by atoms with E-state index in [-0.39, 0.29) is 10.2 Å². The van der Waals surface area contributed by atoms with Crippen LogP contribution in [0.2, 0.25) is 0 Å². The highest BCUT2D eigenvalue weighted by Gasteiger charge is 2.23. The van der Waals surface area contributed by atoms with Crippen LogP contribution in [0.5, 0.6) is 0 Å². The number of halogens is 1. The van der Waals surface area contributed by atoms with Crippen LogP contribution in [-0.2, 0) is 14.8 Å². The third-order valence-electron chi connectivity index (χ3n) is 3.81. The van der Waals surface area contributed by atoms with Crippen molar-refractivity contribution in [1.29, 1.82) is 0 Å². The van der Waals surface area contributed by atoms with E-state index in [2.05, 4.69) is 50.3 Å². The monoisotopic (exact) mass is 467 g/mol. The van der Waals surface area contributed by atoms with E-state index in [4.69, 9.17) is 4.74 Å². The summed E-state index contributed by atoms with van der Waals surface area (Å²) in [5.41, 5.74) is 1.13. The largest absolute Gasteiger partial charge is 0.364 e. The third-order valence-corrected chi connectivity index (χ3v) is 6.45. The predicted octanol–water partition coefficient (Wildman–Crippen LogP) is 4.64. The quantitative estimate of drug-likeness (QED) is 0.393. The summed E-state index contributed by atoms with van der Waals surface area (Å²) in [6, 6.07) is 7.14. The first-order valence-corrected chi connectivity index (χ1v) is 11.1. The highest BCUT2D eigenvalue weighted by molar-refractivity contribution is 14.1. The molecule has 0 spiro atoms. The van der Waals surface area contributed by atoms with Gasteiger partial charge in [-0.2, -0.15) is 4.31 Å². The van der Waals surface area contributed by atoms with Gasteiger partial charge in [-0.1, -0.05) is 62.4 Å². The number of likely N-dealkylation sites (N-methyl/N-ethyl adjacent to an activating group) is 1. The van der Waals surface area contributed by atoms with E-state index in [0.29, 0.717) is 23.3 Å². The van der Waals surface area contributed by atoms with Crippen LogP contribution >= 0.6 is 22.6 Å². The molecular formula is C18H30INO3S. The molecule has 138 valence electrons. The zero-order valence-electron chi connectivity index (χ0n) is 15.5. The molecule has 1 rings (SSSR count). The fraction of sp³-hybridized carbons (Fsp3) is 0.667. The molecule has 4 nitrogen and oxygen atoms in total. The fourth-order valence-corrected chi connectivity index (χ4v) is 5.15. The Labute approximate surface area is 161 Å². The van der Waals surface area contributed by atoms with Crippen molar-refractivity contribution in [2.75, 3.05) is 13.6 Å². The molecule has 2 unspecified atom stereocenters. The number of benzene rings is 1. The lowest BCUT2D eigenvalue weighted by molar-refractivity contribution is 0.0383. The zero-order valence-corrected chi connectivity index (χ0v) is 18.5. The second kappa shape index (κ2) is 9.50. The van der Waals surface area contributed by atoms with Gasteiger partial charge in [-0.25, -0.2) is 8.42 Å². The first kappa shape index (κ1) is 21.9. The maximum Gasteiger partial charge on any atom is 0.242 e. The molecule has 0 aromatic heterocycles. The molecule has 0 aliphatic carbocycles. The average Bonchev–Trinajstić information content (AvgIpc) is 2.45. The van der Waals surface area contributed by atoms with Crippen LogP contribution in [0.1, 0.15) is 52.5 Å². The number of sulfonamides is 1. The van der Waals surface area contributed by atoms with Gasteiger partial charge in [0.2, 0.25) is 10.0 Å². The van der Waals surface area contributed by atoms with E-state index < -0.39 is 10.0 Å². The van der Waals surface area contributed by atoms with Gasteiger partial charge in [-0.3, -0.25) is 0 Å². The van der Waals surface area contributed by atoms with E-state index >= 15 is 0 Å². The summed E-state index contributed by atoms with van der Waals surface area (Å²) >= 11 is 2.27. The molecule has 0 saturated carbocycles. The predicted molar refractivity (Wildman–Crippen MR) is 108 cm³/mol. The van der Waals surface area contributed by atoms with Crippen LogP contribution in [-0.4, -0.2) is 36.5 Å². The molecule has 0 N–H and O–H groups in total. The fourth-order valence-electron chi connectivity index (χ4n) is 2.39. The minimum Gasteiger partial charge on any atom is -0.364 e. The highest BCUT2D eigenvalue weighted by atomic mass is 127. The van der Waals surface area contributed by atoms with E-state index in [1.54, 1.807) is 19.2 Å². The maximum absolute atomic E-state index is 12.7. The number of ether oxygens (including phenoxy) is 1. The Morgan fingerprint density at radius 2 is 1.62 bits per heavy atom. The van der Waals surface area contributed by atoms with Crippen molar-refractivity contribution in [3.8, 4) is 0 Å². The lowest BCUT2D eigenvalue weighted by Crippen LogP contribution is -2.35.